The van der Waals surface area contributed by atoms with Gasteiger partial charge in [0, 0.05) is 13.1 Å². The molecule has 0 saturated carbocycles. The molecule has 1 aromatic heterocycles. The quantitative estimate of drug-likeness (QED) is 0.796. The van der Waals surface area contributed by atoms with Crippen LogP contribution in [0.4, 0.5) is 5.82 Å². The zero-order chi connectivity index (χ0) is 17.3. The second-order valence-electron chi connectivity index (χ2n) is 6.39. The molecule has 0 atom stereocenters. The van der Waals surface area contributed by atoms with Crippen LogP contribution in [0.2, 0.25) is 5.15 Å². The lowest BCUT2D eigenvalue weighted by Gasteiger charge is -2.49. The maximum Gasteiger partial charge on any atom is 0.319 e. The molecule has 1 fully saturated rings. The van der Waals surface area contributed by atoms with Crippen molar-refractivity contribution in [1.82, 2.24) is 10.2 Å². The molecule has 2 heterocycles. The van der Waals surface area contributed by atoms with Crippen LogP contribution >= 0.6 is 11.6 Å². The van der Waals surface area contributed by atoms with E-state index in [0.29, 0.717) is 30.0 Å². The maximum atomic E-state index is 12.6. The summed E-state index contributed by atoms with van der Waals surface area (Å²) in [4.78, 5) is 14.6. The van der Waals surface area contributed by atoms with E-state index in [4.69, 9.17) is 16.3 Å². The molecule has 3 rings (SSSR count). The van der Waals surface area contributed by atoms with E-state index in [1.807, 2.05) is 29.2 Å². The fourth-order valence-corrected chi connectivity index (χ4v) is 3.39. The number of carbonyl (C=O) groups excluding carboxylic acids is 1. The largest absolute Gasteiger partial charge is 0.468 e. The first kappa shape index (κ1) is 16.7. The summed E-state index contributed by atoms with van der Waals surface area (Å²) < 4.78 is 5.13. The number of benzene rings is 1. The minimum absolute atomic E-state index is 0.214. The van der Waals surface area contributed by atoms with Gasteiger partial charge in [0.1, 0.15) is 5.41 Å². The van der Waals surface area contributed by atoms with E-state index in [-0.39, 0.29) is 5.97 Å². The highest BCUT2D eigenvalue weighted by Crippen LogP contribution is 2.41. The predicted octanol–water partition coefficient (Wildman–Crippen LogP) is 3.18. The molecule has 0 bridgehead atoms. The zero-order valence-corrected chi connectivity index (χ0v) is 14.7. The molecule has 0 spiro atoms. The molecule has 126 valence electrons. The Balaban J connectivity index is 1.95. The molecule has 0 radical (unpaired) electrons. The van der Waals surface area contributed by atoms with Crippen LogP contribution in [-0.2, 0) is 14.9 Å². The minimum atomic E-state index is -0.670. The fourth-order valence-electron chi connectivity index (χ4n) is 3.29. The first-order chi connectivity index (χ1) is 11.5. The van der Waals surface area contributed by atoms with Crippen LogP contribution in [0, 0.1) is 0 Å². The van der Waals surface area contributed by atoms with Crippen LogP contribution in [-0.4, -0.2) is 36.4 Å². The second kappa shape index (κ2) is 6.40. The Bertz CT molecular complexity index is 740. The monoisotopic (exact) mass is 345 g/mol. The van der Waals surface area contributed by atoms with Crippen molar-refractivity contribution in [2.45, 2.75) is 25.2 Å². The van der Waals surface area contributed by atoms with E-state index in [2.05, 4.69) is 30.1 Å². The van der Waals surface area contributed by atoms with Gasteiger partial charge in [0.2, 0.25) is 0 Å². The van der Waals surface area contributed by atoms with Gasteiger partial charge in [-0.3, -0.25) is 4.79 Å². The van der Waals surface area contributed by atoms with E-state index in [9.17, 15) is 4.79 Å². The molecule has 0 unspecified atom stereocenters. The number of halogens is 1. The average Bonchev–Trinajstić information content (AvgIpc) is 2.55. The highest BCUT2D eigenvalue weighted by molar-refractivity contribution is 6.29. The first-order valence-electron chi connectivity index (χ1n) is 7.90. The standard InChI is InChI=1S/C18H20ClN3O2/c1-12(2)13-6-4-5-7-14(13)18(17(23)24-3)10-22(11-18)16-9-8-15(19)20-21-16/h4-9,12H,10-11H2,1-3H3. The van der Waals surface area contributed by atoms with Crippen molar-refractivity contribution in [3.8, 4) is 0 Å². The third-order valence-corrected chi connectivity index (χ3v) is 4.74. The molecule has 0 N–H and O–H groups in total. The number of esters is 1. The summed E-state index contributed by atoms with van der Waals surface area (Å²) in [5.74, 6) is 0.821. The van der Waals surface area contributed by atoms with Crippen LogP contribution in [0.5, 0.6) is 0 Å². The van der Waals surface area contributed by atoms with Gasteiger partial charge < -0.3 is 9.64 Å². The molecule has 1 saturated heterocycles. The van der Waals surface area contributed by atoms with Gasteiger partial charge in [-0.25, -0.2) is 0 Å². The first-order valence-corrected chi connectivity index (χ1v) is 8.28. The van der Waals surface area contributed by atoms with Crippen LogP contribution in [0.15, 0.2) is 36.4 Å². The lowest BCUT2D eigenvalue weighted by atomic mass is 9.70. The van der Waals surface area contributed by atoms with Gasteiger partial charge in [-0.1, -0.05) is 49.7 Å². The summed E-state index contributed by atoms with van der Waals surface area (Å²) in [5, 5.41) is 8.32. The summed E-state index contributed by atoms with van der Waals surface area (Å²) in [6, 6.07) is 11.6. The third-order valence-electron chi connectivity index (χ3n) is 4.54. The fraction of sp³-hybridized carbons (Fsp3) is 0.389. The molecule has 24 heavy (non-hydrogen) atoms. The average molecular weight is 346 g/mol. The molecule has 1 aliphatic rings. The van der Waals surface area contributed by atoms with Crippen LogP contribution in [0.3, 0.4) is 0 Å². The van der Waals surface area contributed by atoms with E-state index >= 15 is 0 Å². The van der Waals surface area contributed by atoms with Crippen molar-refractivity contribution in [3.05, 3.63) is 52.7 Å². The topological polar surface area (TPSA) is 55.3 Å². The summed E-state index contributed by atoms with van der Waals surface area (Å²) >= 11 is 5.79. The summed E-state index contributed by atoms with van der Waals surface area (Å²) in [6.07, 6.45) is 0. The Morgan fingerprint density at radius 1 is 1.21 bits per heavy atom. The molecule has 5 nitrogen and oxygen atoms in total. The number of methoxy groups -OCH3 is 1. The zero-order valence-electron chi connectivity index (χ0n) is 14.0. The second-order valence-corrected chi connectivity index (χ2v) is 6.77. The summed E-state index contributed by atoms with van der Waals surface area (Å²) in [6.45, 7) is 5.29. The number of carbonyl (C=O) groups is 1. The highest BCUT2D eigenvalue weighted by Gasteiger charge is 2.53. The molecule has 6 heteroatoms. The molecule has 0 aliphatic carbocycles. The van der Waals surface area contributed by atoms with Gasteiger partial charge in [0.05, 0.1) is 7.11 Å². The van der Waals surface area contributed by atoms with Gasteiger partial charge in [-0.2, -0.15) is 0 Å². The SMILES string of the molecule is COC(=O)C1(c2ccccc2C(C)C)CN(c2ccc(Cl)nn2)C1. The molecular weight excluding hydrogens is 326 g/mol. The van der Waals surface area contributed by atoms with Crippen molar-refractivity contribution in [2.75, 3.05) is 25.1 Å². The number of rotatable bonds is 4. The Labute approximate surface area is 146 Å². The van der Waals surface area contributed by atoms with Gasteiger partial charge in [-0.05, 0) is 29.2 Å². The number of nitrogens with zero attached hydrogens (tertiary/aromatic N) is 3. The smallest absolute Gasteiger partial charge is 0.319 e. The van der Waals surface area contributed by atoms with Crippen molar-refractivity contribution < 1.29 is 9.53 Å². The third kappa shape index (κ3) is 2.73. The van der Waals surface area contributed by atoms with Crippen molar-refractivity contribution in [3.63, 3.8) is 0 Å². The Hall–Kier alpha value is -2.14. The molecular formula is C18H20ClN3O2. The number of aromatic nitrogens is 2. The molecule has 0 amide bonds. The van der Waals surface area contributed by atoms with Gasteiger partial charge >= 0.3 is 5.97 Å². The van der Waals surface area contributed by atoms with Gasteiger partial charge in [0.25, 0.3) is 0 Å². The molecule has 1 aromatic carbocycles. The number of anilines is 1. The Morgan fingerprint density at radius 2 is 1.92 bits per heavy atom. The van der Waals surface area contributed by atoms with Crippen LogP contribution < -0.4 is 4.90 Å². The van der Waals surface area contributed by atoms with Gasteiger partial charge in [-0.15, -0.1) is 10.2 Å². The van der Waals surface area contributed by atoms with E-state index in [0.717, 1.165) is 5.56 Å². The van der Waals surface area contributed by atoms with Gasteiger partial charge in [0.15, 0.2) is 11.0 Å². The number of hydrogen-bond acceptors (Lipinski definition) is 5. The number of hydrogen-bond donors (Lipinski definition) is 0. The molecule has 2 aromatic rings. The summed E-state index contributed by atoms with van der Waals surface area (Å²) in [5.41, 5.74) is 1.53. The summed E-state index contributed by atoms with van der Waals surface area (Å²) in [7, 11) is 1.44. The molecule has 1 aliphatic heterocycles. The highest BCUT2D eigenvalue weighted by atomic mass is 35.5. The number of ether oxygens (including phenoxy) is 1. The van der Waals surface area contributed by atoms with E-state index in [1.165, 1.54) is 12.7 Å². The lowest BCUT2D eigenvalue weighted by Crippen LogP contribution is -2.64. The van der Waals surface area contributed by atoms with Crippen molar-refractivity contribution in [1.29, 1.82) is 0 Å². The van der Waals surface area contributed by atoms with Crippen molar-refractivity contribution >= 4 is 23.4 Å². The maximum absolute atomic E-state index is 12.6. The Morgan fingerprint density at radius 3 is 2.50 bits per heavy atom. The van der Waals surface area contributed by atoms with Crippen molar-refractivity contribution in [2.24, 2.45) is 0 Å². The minimum Gasteiger partial charge on any atom is -0.468 e. The van der Waals surface area contributed by atoms with Crippen LogP contribution in [0.25, 0.3) is 0 Å². The van der Waals surface area contributed by atoms with E-state index in [1.54, 1.807) is 6.07 Å². The Kier molecular flexibility index (Phi) is 4.45. The van der Waals surface area contributed by atoms with E-state index < -0.39 is 5.41 Å². The normalized spacial score (nSPS) is 16.0. The predicted molar refractivity (Wildman–Crippen MR) is 93.5 cm³/mol. The lowest BCUT2D eigenvalue weighted by molar-refractivity contribution is -0.148. The van der Waals surface area contributed by atoms with Crippen LogP contribution in [0.1, 0.15) is 30.9 Å².